The first-order chi connectivity index (χ1) is 14.6. The molecule has 2 aliphatic carbocycles. The van der Waals surface area contributed by atoms with Crippen LogP contribution < -0.4 is 9.47 Å². The van der Waals surface area contributed by atoms with Crippen LogP contribution in [0, 0.1) is 13.8 Å². The van der Waals surface area contributed by atoms with Crippen molar-refractivity contribution in [3.8, 4) is 11.5 Å². The van der Waals surface area contributed by atoms with Crippen molar-refractivity contribution >= 4 is 6.16 Å². The molecule has 0 spiro atoms. The zero-order valence-corrected chi connectivity index (χ0v) is 18.4. The Balaban J connectivity index is 1.52. The van der Waals surface area contributed by atoms with Gasteiger partial charge in [-0.15, -0.1) is 0 Å². The highest BCUT2D eigenvalue weighted by atomic mass is 16.7. The third-order valence-electron chi connectivity index (χ3n) is 6.81. The summed E-state index contributed by atoms with van der Waals surface area (Å²) in [5.74, 6) is 2.25. The summed E-state index contributed by atoms with van der Waals surface area (Å²) in [5, 5.41) is 0. The van der Waals surface area contributed by atoms with Gasteiger partial charge in [0.2, 0.25) is 0 Å². The number of hydrogen-bond donors (Lipinski definition) is 0. The minimum absolute atomic E-state index is 0.471. The topological polar surface area (TPSA) is 35.5 Å². The molecular formula is C27H34O3. The van der Waals surface area contributed by atoms with E-state index in [1.54, 1.807) is 0 Å². The van der Waals surface area contributed by atoms with E-state index in [0.29, 0.717) is 23.3 Å². The molecule has 0 bridgehead atoms. The van der Waals surface area contributed by atoms with Crippen molar-refractivity contribution in [2.24, 2.45) is 0 Å². The van der Waals surface area contributed by atoms with Crippen LogP contribution in [0.1, 0.15) is 98.3 Å². The molecule has 160 valence electrons. The van der Waals surface area contributed by atoms with Gasteiger partial charge in [0, 0.05) is 0 Å². The summed E-state index contributed by atoms with van der Waals surface area (Å²) in [6, 6.07) is 12.2. The average molecular weight is 407 g/mol. The van der Waals surface area contributed by atoms with E-state index in [0.717, 1.165) is 11.1 Å². The lowest BCUT2D eigenvalue weighted by atomic mass is 9.83. The number of carbonyl (C=O) groups is 1. The maximum atomic E-state index is 12.8. The highest BCUT2D eigenvalue weighted by Gasteiger charge is 2.24. The molecule has 0 atom stereocenters. The molecule has 0 saturated heterocycles. The predicted octanol–water partition coefficient (Wildman–Crippen LogP) is 7.98. The van der Waals surface area contributed by atoms with Gasteiger partial charge in [0.05, 0.1) is 0 Å². The first-order valence-electron chi connectivity index (χ1n) is 11.7. The lowest BCUT2D eigenvalue weighted by Gasteiger charge is -2.25. The van der Waals surface area contributed by atoms with Gasteiger partial charge in [-0.05, 0) is 74.6 Å². The Hall–Kier alpha value is -2.29. The third kappa shape index (κ3) is 5.06. The largest absolute Gasteiger partial charge is 0.519 e. The molecule has 3 nitrogen and oxygen atoms in total. The zero-order chi connectivity index (χ0) is 20.9. The van der Waals surface area contributed by atoms with Gasteiger partial charge < -0.3 is 9.47 Å². The molecule has 0 heterocycles. The van der Waals surface area contributed by atoms with Crippen LogP contribution in [0.15, 0.2) is 36.4 Å². The average Bonchev–Trinajstić information content (AvgIpc) is 2.77. The summed E-state index contributed by atoms with van der Waals surface area (Å²) in [5.41, 5.74) is 4.72. The molecule has 3 heteroatoms. The van der Waals surface area contributed by atoms with Gasteiger partial charge in [-0.2, -0.15) is 0 Å². The smallest absolute Gasteiger partial charge is 0.394 e. The summed E-state index contributed by atoms with van der Waals surface area (Å²) in [6.45, 7) is 4.19. The Morgan fingerprint density at radius 3 is 1.47 bits per heavy atom. The molecule has 2 aromatic carbocycles. The predicted molar refractivity (Wildman–Crippen MR) is 121 cm³/mol. The first-order valence-corrected chi connectivity index (χ1v) is 11.7. The number of carbonyl (C=O) groups excluding carboxylic acids is 1. The van der Waals surface area contributed by atoms with Crippen molar-refractivity contribution in [3.63, 3.8) is 0 Å². The first kappa shape index (κ1) is 21.0. The summed E-state index contributed by atoms with van der Waals surface area (Å²) in [6.07, 6.45) is 11.6. The molecule has 2 saturated carbocycles. The normalized spacial score (nSPS) is 18.2. The van der Waals surface area contributed by atoms with Crippen LogP contribution in [0.4, 0.5) is 4.79 Å². The molecule has 0 aliphatic heterocycles. The molecular weight excluding hydrogens is 372 g/mol. The molecule has 4 rings (SSSR count). The van der Waals surface area contributed by atoms with E-state index in [-0.39, 0.29) is 0 Å². The summed E-state index contributed by atoms with van der Waals surface area (Å²) in [7, 11) is 0. The fourth-order valence-electron chi connectivity index (χ4n) is 5.19. The Labute approximate surface area is 180 Å². The summed E-state index contributed by atoms with van der Waals surface area (Å²) in [4.78, 5) is 12.8. The van der Waals surface area contributed by atoms with Crippen LogP contribution in [0.5, 0.6) is 11.5 Å². The van der Waals surface area contributed by atoms with E-state index in [4.69, 9.17) is 9.47 Å². The number of aryl methyl sites for hydroxylation is 2. The number of benzene rings is 2. The Bertz CT molecular complexity index is 802. The van der Waals surface area contributed by atoms with Crippen LogP contribution >= 0.6 is 0 Å². The third-order valence-corrected chi connectivity index (χ3v) is 6.81. The molecule has 2 aliphatic rings. The molecule has 0 radical (unpaired) electrons. The SMILES string of the molecule is Cc1ccc(OC(=O)Oc2ccc(C)cc2C2CCCCC2)c(C2CCCCC2)c1. The van der Waals surface area contributed by atoms with Crippen molar-refractivity contribution in [1.29, 1.82) is 0 Å². The number of hydrogen-bond acceptors (Lipinski definition) is 3. The van der Waals surface area contributed by atoms with Gasteiger partial charge in [0.25, 0.3) is 0 Å². The monoisotopic (exact) mass is 406 g/mol. The van der Waals surface area contributed by atoms with E-state index in [1.165, 1.54) is 75.3 Å². The fraction of sp³-hybridized carbons (Fsp3) is 0.519. The Kier molecular flexibility index (Phi) is 6.76. The second-order valence-corrected chi connectivity index (χ2v) is 9.21. The molecule has 0 aromatic heterocycles. The maximum Gasteiger partial charge on any atom is 0.519 e. The molecule has 0 amide bonds. The number of rotatable bonds is 4. The van der Waals surface area contributed by atoms with Crippen LogP contribution in [-0.2, 0) is 0 Å². The van der Waals surface area contributed by atoms with Gasteiger partial charge in [0.1, 0.15) is 11.5 Å². The van der Waals surface area contributed by atoms with Crippen molar-refractivity contribution in [3.05, 3.63) is 58.7 Å². The quantitative estimate of drug-likeness (QED) is 0.381. The van der Waals surface area contributed by atoms with Crippen molar-refractivity contribution in [2.45, 2.75) is 89.9 Å². The zero-order valence-electron chi connectivity index (χ0n) is 18.4. The van der Waals surface area contributed by atoms with E-state index in [1.807, 2.05) is 24.3 Å². The van der Waals surface area contributed by atoms with Crippen LogP contribution in [0.25, 0.3) is 0 Å². The van der Waals surface area contributed by atoms with E-state index < -0.39 is 6.16 Å². The second-order valence-electron chi connectivity index (χ2n) is 9.21. The van der Waals surface area contributed by atoms with E-state index >= 15 is 0 Å². The summed E-state index contributed by atoms with van der Waals surface area (Å²) < 4.78 is 11.5. The molecule has 0 unspecified atom stereocenters. The Morgan fingerprint density at radius 2 is 1.07 bits per heavy atom. The summed E-state index contributed by atoms with van der Waals surface area (Å²) >= 11 is 0. The lowest BCUT2D eigenvalue weighted by Crippen LogP contribution is -2.18. The van der Waals surface area contributed by atoms with Crippen molar-refractivity contribution in [1.82, 2.24) is 0 Å². The molecule has 30 heavy (non-hydrogen) atoms. The van der Waals surface area contributed by atoms with Crippen molar-refractivity contribution < 1.29 is 14.3 Å². The minimum atomic E-state index is -0.628. The van der Waals surface area contributed by atoms with Gasteiger partial charge in [0.15, 0.2) is 0 Å². The molecule has 2 fully saturated rings. The van der Waals surface area contributed by atoms with Gasteiger partial charge >= 0.3 is 6.16 Å². The highest BCUT2D eigenvalue weighted by molar-refractivity contribution is 5.68. The van der Waals surface area contributed by atoms with Crippen molar-refractivity contribution in [2.75, 3.05) is 0 Å². The van der Waals surface area contributed by atoms with Crippen LogP contribution in [0.2, 0.25) is 0 Å². The Morgan fingerprint density at radius 1 is 0.667 bits per heavy atom. The standard InChI is InChI=1S/C27H34O3/c1-19-13-15-25(23(17-19)21-9-5-3-6-10-21)29-27(28)30-26-16-14-20(2)18-24(26)22-11-7-4-8-12-22/h13-18,21-22H,3-12H2,1-2H3. The van der Waals surface area contributed by atoms with Crippen LogP contribution in [-0.4, -0.2) is 6.16 Å². The van der Waals surface area contributed by atoms with Crippen LogP contribution in [0.3, 0.4) is 0 Å². The van der Waals surface area contributed by atoms with Gasteiger partial charge in [-0.25, -0.2) is 4.79 Å². The fourth-order valence-corrected chi connectivity index (χ4v) is 5.19. The van der Waals surface area contributed by atoms with E-state index in [2.05, 4.69) is 26.0 Å². The molecule has 2 aromatic rings. The minimum Gasteiger partial charge on any atom is -0.394 e. The van der Waals surface area contributed by atoms with Gasteiger partial charge in [-0.1, -0.05) is 73.9 Å². The second kappa shape index (κ2) is 9.68. The van der Waals surface area contributed by atoms with E-state index in [9.17, 15) is 4.79 Å². The maximum absolute atomic E-state index is 12.8. The molecule has 0 N–H and O–H groups in total. The lowest BCUT2D eigenvalue weighted by molar-refractivity contribution is 0.150. The highest BCUT2D eigenvalue weighted by Crippen LogP contribution is 2.40. The number of ether oxygens (including phenoxy) is 2. The van der Waals surface area contributed by atoms with Gasteiger partial charge in [-0.3, -0.25) is 0 Å².